The standard InChI is InChI=1S/C57H48N8O4/c1-55(2)37-57(53-35-49(31-33-51(53)55)62(43-11-7-5-8-12-43)45-23-15-39(16-24-45)58-60-41-19-27-47(28-20-41)64(66)67)38-56(3,4)52-34-32-50(36-54(52)57)63(44-13-9-6-10-14-44)46-25-17-40(18-26-46)59-61-42-21-29-48(30-22-42)65(68)69/h5-36H,37-38H2,1-4H3. The van der Waals surface area contributed by atoms with E-state index in [2.05, 4.69) is 167 Å². The Kier molecular flexibility index (Phi) is 11.2. The maximum Gasteiger partial charge on any atom is 0.269 e. The normalized spacial score (nSPS) is 16.4. The van der Waals surface area contributed by atoms with Gasteiger partial charge in [0.15, 0.2) is 0 Å². The number of nitro benzene ring substituents is 2. The summed E-state index contributed by atoms with van der Waals surface area (Å²) >= 11 is 0. The Bertz CT molecular complexity index is 3040. The summed E-state index contributed by atoms with van der Waals surface area (Å²) in [6.45, 7) is 9.52. The van der Waals surface area contributed by atoms with Gasteiger partial charge in [0.2, 0.25) is 0 Å². The second-order valence-electron chi connectivity index (χ2n) is 19.0. The third-order valence-electron chi connectivity index (χ3n) is 13.4. The lowest BCUT2D eigenvalue weighted by atomic mass is 9.72. The van der Waals surface area contributed by atoms with Crippen LogP contribution in [-0.4, -0.2) is 9.85 Å². The highest BCUT2D eigenvalue weighted by atomic mass is 16.6. The first-order valence-corrected chi connectivity index (χ1v) is 22.8. The summed E-state index contributed by atoms with van der Waals surface area (Å²) in [6.07, 6.45) is 1.91. The van der Waals surface area contributed by atoms with Gasteiger partial charge in [-0.3, -0.25) is 20.2 Å². The monoisotopic (exact) mass is 908 g/mol. The number of non-ortho nitro benzene ring substituents is 2. The largest absolute Gasteiger partial charge is 0.310 e. The molecule has 340 valence electrons. The molecule has 0 aliphatic heterocycles. The minimum absolute atomic E-state index is 0.00490. The molecular weight excluding hydrogens is 861 g/mol. The van der Waals surface area contributed by atoms with Crippen LogP contribution in [0.5, 0.6) is 0 Å². The molecule has 0 radical (unpaired) electrons. The van der Waals surface area contributed by atoms with Gasteiger partial charge in [0.25, 0.3) is 11.4 Å². The topological polar surface area (TPSA) is 142 Å². The summed E-state index contributed by atoms with van der Waals surface area (Å²) in [5.74, 6) is 0. The zero-order valence-electron chi connectivity index (χ0n) is 38.6. The molecule has 0 bridgehead atoms. The van der Waals surface area contributed by atoms with Crippen LogP contribution in [0.3, 0.4) is 0 Å². The van der Waals surface area contributed by atoms with Crippen LogP contribution in [0.1, 0.15) is 62.8 Å². The number of hydrogen-bond acceptors (Lipinski definition) is 10. The average Bonchev–Trinajstić information content (AvgIpc) is 3.73. The number of rotatable bonds is 12. The molecule has 12 nitrogen and oxygen atoms in total. The van der Waals surface area contributed by atoms with E-state index in [4.69, 9.17) is 0 Å². The van der Waals surface area contributed by atoms with Crippen molar-refractivity contribution in [3.8, 4) is 0 Å². The number of benzene rings is 8. The molecule has 8 aromatic rings. The highest BCUT2D eigenvalue weighted by molar-refractivity contribution is 5.81. The van der Waals surface area contributed by atoms with Crippen LogP contribution in [-0.2, 0) is 16.2 Å². The first-order valence-electron chi connectivity index (χ1n) is 22.8. The molecule has 0 saturated heterocycles. The van der Waals surface area contributed by atoms with Crippen LogP contribution in [0.2, 0.25) is 0 Å². The Morgan fingerprint density at radius 3 is 0.986 bits per heavy atom. The maximum atomic E-state index is 11.1. The first-order chi connectivity index (χ1) is 33.3. The molecule has 2 aliphatic carbocycles. The predicted molar refractivity (Wildman–Crippen MR) is 273 cm³/mol. The molecule has 2 aliphatic rings. The van der Waals surface area contributed by atoms with Crippen molar-refractivity contribution in [1.82, 2.24) is 0 Å². The molecular formula is C57H48N8O4. The lowest BCUT2D eigenvalue weighted by Crippen LogP contribution is -2.27. The molecule has 8 aromatic carbocycles. The van der Waals surface area contributed by atoms with Crippen LogP contribution in [0.25, 0.3) is 0 Å². The van der Waals surface area contributed by atoms with Gasteiger partial charge in [0, 0.05) is 63.8 Å². The summed E-state index contributed by atoms with van der Waals surface area (Å²) in [5.41, 5.74) is 13.4. The minimum atomic E-state index is -0.432. The summed E-state index contributed by atoms with van der Waals surface area (Å²) in [5, 5.41) is 39.8. The Morgan fingerprint density at radius 2 is 0.667 bits per heavy atom. The smallest absolute Gasteiger partial charge is 0.269 e. The number of para-hydroxylation sites is 2. The van der Waals surface area contributed by atoms with Crippen LogP contribution in [0.15, 0.2) is 215 Å². The van der Waals surface area contributed by atoms with Crippen LogP contribution >= 0.6 is 0 Å². The third kappa shape index (κ3) is 8.52. The van der Waals surface area contributed by atoms with E-state index in [0.29, 0.717) is 22.7 Å². The summed E-state index contributed by atoms with van der Waals surface area (Å²) in [7, 11) is 0. The van der Waals surface area contributed by atoms with Crippen molar-refractivity contribution < 1.29 is 9.85 Å². The second kappa shape index (κ2) is 17.5. The van der Waals surface area contributed by atoms with Crippen molar-refractivity contribution in [2.24, 2.45) is 20.5 Å². The van der Waals surface area contributed by atoms with Gasteiger partial charge in [-0.25, -0.2) is 0 Å². The molecule has 0 saturated carbocycles. The average molecular weight is 909 g/mol. The maximum absolute atomic E-state index is 11.1. The fourth-order valence-electron chi connectivity index (χ4n) is 10.5. The van der Waals surface area contributed by atoms with Gasteiger partial charge in [0.1, 0.15) is 0 Å². The van der Waals surface area contributed by atoms with Gasteiger partial charge in [-0.1, -0.05) is 76.2 Å². The van der Waals surface area contributed by atoms with E-state index in [1.807, 2.05) is 36.4 Å². The van der Waals surface area contributed by atoms with Gasteiger partial charge in [0.05, 0.1) is 32.6 Å². The van der Waals surface area contributed by atoms with E-state index in [9.17, 15) is 20.2 Å². The molecule has 0 heterocycles. The quantitative estimate of drug-likeness (QED) is 0.0678. The zero-order chi connectivity index (χ0) is 47.9. The molecule has 0 aromatic heterocycles. The molecule has 69 heavy (non-hydrogen) atoms. The number of anilines is 6. The first kappa shape index (κ1) is 44.2. The van der Waals surface area contributed by atoms with Crippen molar-refractivity contribution in [1.29, 1.82) is 0 Å². The highest BCUT2D eigenvalue weighted by Crippen LogP contribution is 2.64. The summed E-state index contributed by atoms with van der Waals surface area (Å²) < 4.78 is 0. The number of nitro groups is 2. The lowest BCUT2D eigenvalue weighted by Gasteiger charge is -2.32. The van der Waals surface area contributed by atoms with Crippen molar-refractivity contribution >= 4 is 68.2 Å². The lowest BCUT2D eigenvalue weighted by molar-refractivity contribution is -0.385. The van der Waals surface area contributed by atoms with Crippen LogP contribution in [0, 0.1) is 20.2 Å². The van der Waals surface area contributed by atoms with Gasteiger partial charge in [-0.05, 0) is 167 Å². The van der Waals surface area contributed by atoms with Gasteiger partial charge in [-0.15, -0.1) is 0 Å². The van der Waals surface area contributed by atoms with Crippen molar-refractivity contribution in [3.63, 3.8) is 0 Å². The highest BCUT2D eigenvalue weighted by Gasteiger charge is 2.56. The molecule has 0 fully saturated rings. The van der Waals surface area contributed by atoms with E-state index in [0.717, 1.165) is 47.0 Å². The molecule has 0 unspecified atom stereocenters. The van der Waals surface area contributed by atoms with Gasteiger partial charge >= 0.3 is 0 Å². The van der Waals surface area contributed by atoms with E-state index in [1.165, 1.54) is 46.5 Å². The molecule has 1 spiro atoms. The van der Waals surface area contributed by atoms with E-state index < -0.39 is 9.85 Å². The van der Waals surface area contributed by atoms with E-state index in [1.54, 1.807) is 24.3 Å². The van der Waals surface area contributed by atoms with Crippen molar-refractivity contribution in [2.45, 2.75) is 56.8 Å². The summed E-state index contributed by atoms with van der Waals surface area (Å²) in [4.78, 5) is 26.0. The number of hydrogen-bond donors (Lipinski definition) is 0. The fourth-order valence-corrected chi connectivity index (χ4v) is 10.5. The number of fused-ring (bicyclic) bond motifs is 4. The van der Waals surface area contributed by atoms with E-state index in [-0.39, 0.29) is 27.6 Å². The predicted octanol–water partition coefficient (Wildman–Crippen LogP) is 16.9. The van der Waals surface area contributed by atoms with Crippen molar-refractivity contribution in [3.05, 3.63) is 237 Å². The van der Waals surface area contributed by atoms with Gasteiger partial charge in [-0.2, -0.15) is 20.5 Å². The van der Waals surface area contributed by atoms with Gasteiger partial charge < -0.3 is 9.80 Å². The Labute approximate surface area is 400 Å². The number of nitrogens with zero attached hydrogens (tertiary/aromatic N) is 8. The Morgan fingerprint density at radius 1 is 0.377 bits per heavy atom. The molecule has 12 heteroatoms. The molecule has 0 N–H and O–H groups in total. The second-order valence-corrected chi connectivity index (χ2v) is 19.0. The third-order valence-corrected chi connectivity index (χ3v) is 13.4. The van der Waals surface area contributed by atoms with Crippen molar-refractivity contribution in [2.75, 3.05) is 9.80 Å². The molecule has 10 rings (SSSR count). The minimum Gasteiger partial charge on any atom is -0.310 e. The number of azo groups is 2. The summed E-state index contributed by atoms with van der Waals surface area (Å²) in [6, 6.07) is 62.8. The Hall–Kier alpha value is -8.64. The zero-order valence-corrected chi connectivity index (χ0v) is 38.6. The molecule has 0 amide bonds. The van der Waals surface area contributed by atoms with Crippen LogP contribution < -0.4 is 9.80 Å². The van der Waals surface area contributed by atoms with Crippen LogP contribution in [0.4, 0.5) is 68.2 Å². The van der Waals surface area contributed by atoms with E-state index >= 15 is 0 Å². The SMILES string of the molecule is CC1(C)CC2(CC(C)(C)c3ccc(N(c4ccccc4)c4ccc(N=Nc5ccc([N+](=O)[O-])cc5)cc4)cc32)c2cc(N(c3ccccc3)c3ccc(N=Nc4ccc([N+](=O)[O-])cc4)cc3)ccc21. The molecule has 0 atom stereocenters. The Balaban J connectivity index is 1.02. The fraction of sp³-hybridized carbons (Fsp3) is 0.158.